The van der Waals surface area contributed by atoms with Gasteiger partial charge in [0.1, 0.15) is 0 Å². The molecule has 3 aliphatic rings. The highest BCUT2D eigenvalue weighted by atomic mass is 32.2. The highest BCUT2D eigenvalue weighted by Crippen LogP contribution is 2.42. The van der Waals surface area contributed by atoms with E-state index in [0.717, 1.165) is 37.4 Å². The summed E-state index contributed by atoms with van der Waals surface area (Å²) in [6, 6.07) is 5.15. The maximum atomic E-state index is 12.8. The summed E-state index contributed by atoms with van der Waals surface area (Å²) in [7, 11) is -3.58. The van der Waals surface area contributed by atoms with Crippen LogP contribution in [0.25, 0.3) is 0 Å². The van der Waals surface area contributed by atoms with Gasteiger partial charge in [-0.2, -0.15) is 4.31 Å². The Morgan fingerprint density at radius 1 is 1.12 bits per heavy atom. The Morgan fingerprint density at radius 3 is 2.35 bits per heavy atom. The van der Waals surface area contributed by atoms with Crippen molar-refractivity contribution in [2.24, 2.45) is 17.8 Å². The topological polar surface area (TPSA) is 85.0 Å². The van der Waals surface area contributed by atoms with Gasteiger partial charge in [-0.15, -0.1) is 0 Å². The molecule has 1 saturated heterocycles. The van der Waals surface area contributed by atoms with Crippen LogP contribution in [-0.2, 0) is 10.0 Å². The fourth-order valence-corrected chi connectivity index (χ4v) is 6.08. The van der Waals surface area contributed by atoms with E-state index < -0.39 is 14.9 Å². The normalized spacial score (nSPS) is 29.3. The van der Waals surface area contributed by atoms with Crippen molar-refractivity contribution in [3.63, 3.8) is 0 Å². The van der Waals surface area contributed by atoms with E-state index in [1.807, 2.05) is 0 Å². The van der Waals surface area contributed by atoms with Crippen molar-refractivity contribution >= 4 is 15.7 Å². The number of quaternary nitrogens is 1. The molecule has 4 rings (SSSR count). The van der Waals surface area contributed by atoms with E-state index in [2.05, 4.69) is 12.2 Å². The third kappa shape index (κ3) is 3.28. The van der Waals surface area contributed by atoms with Gasteiger partial charge in [0.15, 0.2) is 0 Å². The zero-order chi connectivity index (χ0) is 18.3. The van der Waals surface area contributed by atoms with E-state index in [9.17, 15) is 18.5 Å². The standard InChI is InChI=1S/C18H23N3O4S/c22-21(23)17-3-5-18(6-4-17)26(24,25)20-9-7-19(8-10-20)13-16-12-14-1-2-15(16)11-14/h1-6,14-16H,7-13H2/p+1. The Kier molecular flexibility index (Phi) is 4.58. The van der Waals surface area contributed by atoms with Gasteiger partial charge >= 0.3 is 0 Å². The quantitative estimate of drug-likeness (QED) is 0.464. The minimum Gasteiger partial charge on any atom is -0.332 e. The van der Waals surface area contributed by atoms with Crippen molar-refractivity contribution in [1.82, 2.24) is 4.31 Å². The summed E-state index contributed by atoms with van der Waals surface area (Å²) in [4.78, 5) is 11.8. The van der Waals surface area contributed by atoms with Crippen molar-refractivity contribution < 1.29 is 18.2 Å². The number of fused-ring (bicyclic) bond motifs is 2. The molecule has 3 atom stereocenters. The first-order valence-corrected chi connectivity index (χ1v) is 10.6. The first-order valence-electron chi connectivity index (χ1n) is 9.20. The number of hydrogen-bond donors (Lipinski definition) is 1. The molecule has 0 aromatic heterocycles. The molecule has 1 aliphatic heterocycles. The van der Waals surface area contributed by atoms with E-state index in [0.29, 0.717) is 13.1 Å². The molecule has 1 N–H and O–H groups in total. The van der Waals surface area contributed by atoms with Crippen LogP contribution in [0.3, 0.4) is 0 Å². The monoisotopic (exact) mass is 378 g/mol. The number of nitro benzene ring substituents is 1. The summed E-state index contributed by atoms with van der Waals surface area (Å²) in [5.74, 6) is 2.25. The van der Waals surface area contributed by atoms with Crippen LogP contribution in [0.2, 0.25) is 0 Å². The Bertz CT molecular complexity index is 813. The second-order valence-electron chi connectivity index (χ2n) is 7.65. The van der Waals surface area contributed by atoms with Crippen molar-refractivity contribution in [2.75, 3.05) is 32.7 Å². The minimum absolute atomic E-state index is 0.0990. The van der Waals surface area contributed by atoms with E-state index in [-0.39, 0.29) is 10.6 Å². The van der Waals surface area contributed by atoms with Gasteiger partial charge in [0, 0.05) is 18.1 Å². The Morgan fingerprint density at radius 2 is 1.81 bits per heavy atom. The predicted molar refractivity (Wildman–Crippen MR) is 96.3 cm³/mol. The highest BCUT2D eigenvalue weighted by Gasteiger charge is 2.39. The van der Waals surface area contributed by atoms with Crippen LogP contribution in [0.1, 0.15) is 12.8 Å². The number of nitrogens with one attached hydrogen (secondary N) is 1. The lowest BCUT2D eigenvalue weighted by Gasteiger charge is -2.33. The number of rotatable bonds is 5. The first-order chi connectivity index (χ1) is 12.4. The maximum absolute atomic E-state index is 12.8. The highest BCUT2D eigenvalue weighted by molar-refractivity contribution is 7.89. The molecule has 1 heterocycles. The summed E-state index contributed by atoms with van der Waals surface area (Å²) in [5, 5.41) is 10.7. The first kappa shape index (κ1) is 17.6. The Balaban J connectivity index is 1.36. The molecule has 2 fully saturated rings. The maximum Gasteiger partial charge on any atom is 0.269 e. The smallest absolute Gasteiger partial charge is 0.269 e. The summed E-state index contributed by atoms with van der Waals surface area (Å²) in [5.41, 5.74) is -0.0990. The molecular formula is C18H24N3O4S+. The van der Waals surface area contributed by atoms with Crippen molar-refractivity contribution in [2.45, 2.75) is 17.7 Å². The molecule has 8 heteroatoms. The Hall–Kier alpha value is -1.77. The second-order valence-corrected chi connectivity index (χ2v) is 9.59. The zero-order valence-electron chi connectivity index (χ0n) is 14.6. The molecule has 1 aromatic carbocycles. The van der Waals surface area contributed by atoms with E-state index >= 15 is 0 Å². The van der Waals surface area contributed by atoms with Crippen LogP contribution in [0.5, 0.6) is 0 Å². The van der Waals surface area contributed by atoms with Crippen molar-refractivity contribution in [1.29, 1.82) is 0 Å². The van der Waals surface area contributed by atoms with Gasteiger partial charge in [0.05, 0.1) is 42.5 Å². The van der Waals surface area contributed by atoms with Gasteiger partial charge in [-0.05, 0) is 36.8 Å². The van der Waals surface area contributed by atoms with Crippen molar-refractivity contribution in [3.8, 4) is 0 Å². The van der Waals surface area contributed by atoms with Crippen LogP contribution < -0.4 is 4.90 Å². The number of benzene rings is 1. The van der Waals surface area contributed by atoms with Gasteiger partial charge in [0.25, 0.3) is 5.69 Å². The largest absolute Gasteiger partial charge is 0.332 e. The number of allylic oxidation sites excluding steroid dienone is 2. The van der Waals surface area contributed by atoms with Gasteiger partial charge < -0.3 is 4.90 Å². The minimum atomic E-state index is -3.58. The SMILES string of the molecule is O=[N+]([O-])c1ccc(S(=O)(=O)N2CC[NH+](CC3CC4C=CC3C4)CC2)cc1. The molecule has 7 nitrogen and oxygen atoms in total. The fraction of sp³-hybridized carbons (Fsp3) is 0.556. The molecule has 0 radical (unpaired) electrons. The third-order valence-electron chi connectivity index (χ3n) is 6.08. The van der Waals surface area contributed by atoms with Crippen molar-refractivity contribution in [3.05, 3.63) is 46.5 Å². The molecule has 2 aliphatic carbocycles. The second kappa shape index (κ2) is 6.75. The van der Waals surface area contributed by atoms with Gasteiger partial charge in [-0.25, -0.2) is 8.42 Å². The molecule has 1 saturated carbocycles. The molecule has 140 valence electrons. The Labute approximate surface area is 153 Å². The average molecular weight is 378 g/mol. The molecule has 0 amide bonds. The molecule has 26 heavy (non-hydrogen) atoms. The molecule has 0 spiro atoms. The van der Waals surface area contributed by atoms with E-state index in [1.54, 1.807) is 0 Å². The molecule has 3 unspecified atom stereocenters. The van der Waals surface area contributed by atoms with E-state index in [4.69, 9.17) is 0 Å². The van der Waals surface area contributed by atoms with Crippen LogP contribution in [0.4, 0.5) is 5.69 Å². The molecule has 2 bridgehead atoms. The summed E-state index contributed by atoms with van der Waals surface area (Å²) in [6.07, 6.45) is 7.31. The van der Waals surface area contributed by atoms with Crippen LogP contribution >= 0.6 is 0 Å². The summed E-state index contributed by atoms with van der Waals surface area (Å²) < 4.78 is 27.0. The van der Waals surface area contributed by atoms with Crippen LogP contribution in [0, 0.1) is 27.9 Å². The average Bonchev–Trinajstić information content (AvgIpc) is 3.25. The lowest BCUT2D eigenvalue weighted by atomic mass is 9.93. The lowest BCUT2D eigenvalue weighted by molar-refractivity contribution is -0.907. The van der Waals surface area contributed by atoms with Crippen LogP contribution in [-0.4, -0.2) is 50.4 Å². The van der Waals surface area contributed by atoms with Gasteiger partial charge in [-0.3, -0.25) is 10.1 Å². The number of non-ortho nitro benzene ring substituents is 1. The molecular weight excluding hydrogens is 354 g/mol. The summed E-state index contributed by atoms with van der Waals surface area (Å²) in [6.45, 7) is 3.79. The number of nitro groups is 1. The van der Waals surface area contributed by atoms with Gasteiger partial charge in [-0.1, -0.05) is 12.2 Å². The fourth-order valence-electron chi connectivity index (χ4n) is 4.64. The lowest BCUT2D eigenvalue weighted by Crippen LogP contribution is -3.15. The predicted octanol–water partition coefficient (Wildman–Crippen LogP) is 0.696. The van der Waals surface area contributed by atoms with Gasteiger partial charge in [0.2, 0.25) is 10.0 Å². The third-order valence-corrected chi connectivity index (χ3v) is 7.99. The van der Waals surface area contributed by atoms with E-state index in [1.165, 1.54) is 46.3 Å². The summed E-state index contributed by atoms with van der Waals surface area (Å²) >= 11 is 0. The number of nitrogens with zero attached hydrogens (tertiary/aromatic N) is 2. The number of sulfonamides is 1. The number of hydrogen-bond acceptors (Lipinski definition) is 4. The number of piperazine rings is 1. The van der Waals surface area contributed by atoms with Crippen LogP contribution in [0.15, 0.2) is 41.3 Å². The molecule has 1 aromatic rings. The zero-order valence-corrected chi connectivity index (χ0v) is 15.4.